The maximum absolute atomic E-state index is 7.40. The summed E-state index contributed by atoms with van der Waals surface area (Å²) in [6, 6.07) is 58.4. The van der Waals surface area contributed by atoms with Gasteiger partial charge in [-0.2, -0.15) is 0 Å². The highest BCUT2D eigenvalue weighted by molar-refractivity contribution is 7.80. The fourth-order valence-electron chi connectivity index (χ4n) is 14.3. The molecule has 0 amide bonds. The Kier molecular flexibility index (Phi) is 27.1. The van der Waals surface area contributed by atoms with Crippen molar-refractivity contribution in [2.24, 2.45) is 0 Å². The Morgan fingerprint density at radius 2 is 0.423 bits per heavy atom. The van der Waals surface area contributed by atoms with Crippen molar-refractivity contribution < 1.29 is 28.4 Å². The van der Waals surface area contributed by atoms with Gasteiger partial charge in [-0.25, -0.2) is 0 Å². The Hall–Kier alpha value is -9.15. The van der Waals surface area contributed by atoms with E-state index < -0.39 is 0 Å². The van der Waals surface area contributed by atoms with Crippen LogP contribution in [0.3, 0.4) is 0 Å². The van der Waals surface area contributed by atoms with Gasteiger partial charge in [0.15, 0.2) is 15.3 Å². The first-order chi connectivity index (χ1) is 52.4. The number of anilines is 3. The Bertz CT molecular complexity index is 4140. The molecule has 12 nitrogen and oxygen atoms in total. The van der Waals surface area contributed by atoms with Gasteiger partial charge in [0, 0.05) is 55.6 Å². The van der Waals surface area contributed by atoms with E-state index in [0.29, 0.717) is 93.3 Å². The smallest absolute Gasteiger partial charge is 0.170 e. The van der Waals surface area contributed by atoms with Crippen LogP contribution in [-0.4, -0.2) is 76.1 Å². The largest absolute Gasteiger partial charge is 0.496 e. The van der Waals surface area contributed by atoms with E-state index in [1.807, 2.05) is 112 Å². The number of para-hydroxylation sites is 3. The fourth-order valence-corrected chi connectivity index (χ4v) is 15.0. The predicted octanol–water partition coefficient (Wildman–Crippen LogP) is 21.5. The summed E-state index contributed by atoms with van der Waals surface area (Å²) in [4.78, 5) is 0. The SMILES string of the molecule is COc1c2cc(C(C)(C)C)cc1Cc1cc(C(C)(C)C)cc(c1OCCNC(=S)Nc1ccccc1)Cc1cc(C(C)(C)C)cc(c1OC)Cc1cc(C(C)(C)C)cc(c1OCCNC(=S)Nc1ccccc1)Cc1cc(C(C)(C)C)cc(c1OC)Cc1cc(C(C)(C)C)cc(c1OCCNC(=S)Nc1ccccc1)C2. The van der Waals surface area contributed by atoms with Gasteiger partial charge in [0.1, 0.15) is 54.3 Å². The molecule has 10 rings (SSSR count). The molecule has 0 fully saturated rings. The molecule has 9 aromatic rings. The summed E-state index contributed by atoms with van der Waals surface area (Å²) >= 11 is 17.7. The molecule has 588 valence electrons. The third kappa shape index (κ3) is 22.4. The second-order valence-corrected chi connectivity index (χ2v) is 36.9. The molecule has 0 radical (unpaired) electrons. The zero-order valence-electron chi connectivity index (χ0n) is 69.7. The van der Waals surface area contributed by atoms with Gasteiger partial charge in [0.05, 0.1) is 41.0 Å². The van der Waals surface area contributed by atoms with Gasteiger partial charge in [-0.05, 0) is 206 Å². The lowest BCUT2D eigenvalue weighted by molar-refractivity contribution is 0.316. The molecule has 1 aliphatic rings. The zero-order chi connectivity index (χ0) is 80.4. The van der Waals surface area contributed by atoms with Gasteiger partial charge < -0.3 is 60.3 Å². The molecule has 15 heteroatoms. The predicted molar refractivity (Wildman–Crippen MR) is 476 cm³/mol. The molecule has 0 aromatic heterocycles. The highest BCUT2D eigenvalue weighted by atomic mass is 32.1. The van der Waals surface area contributed by atoms with Crippen molar-refractivity contribution in [1.82, 2.24) is 16.0 Å². The molecule has 0 atom stereocenters. The van der Waals surface area contributed by atoms with Gasteiger partial charge in [-0.3, -0.25) is 0 Å². The minimum absolute atomic E-state index is 0.268. The molecule has 0 saturated carbocycles. The number of thiocarbonyl (C=S) groups is 3. The number of nitrogens with one attached hydrogen (secondary N) is 6. The summed E-state index contributed by atoms with van der Waals surface area (Å²) in [5.41, 5.74) is 20.7. The van der Waals surface area contributed by atoms with Crippen molar-refractivity contribution >= 4 is 69.1 Å². The molecule has 0 aliphatic heterocycles. The molecule has 111 heavy (non-hydrogen) atoms. The van der Waals surface area contributed by atoms with Crippen LogP contribution in [0, 0.1) is 0 Å². The average molecular weight is 1550 g/mol. The summed E-state index contributed by atoms with van der Waals surface area (Å²) in [5.74, 6) is 4.85. The van der Waals surface area contributed by atoms with Crippen molar-refractivity contribution in [2.45, 2.75) is 196 Å². The second-order valence-electron chi connectivity index (χ2n) is 35.7. The van der Waals surface area contributed by atoms with Crippen LogP contribution in [0.2, 0.25) is 0 Å². The third-order valence-electron chi connectivity index (χ3n) is 20.5. The molecule has 0 unspecified atom stereocenters. The van der Waals surface area contributed by atoms with E-state index in [0.717, 1.165) is 118 Å². The Labute approximate surface area is 679 Å². The molecule has 0 saturated heterocycles. The third-order valence-corrected chi connectivity index (χ3v) is 21.3. The lowest BCUT2D eigenvalue weighted by Gasteiger charge is -2.29. The van der Waals surface area contributed by atoms with Crippen molar-refractivity contribution in [3.05, 3.63) is 264 Å². The summed E-state index contributed by atoms with van der Waals surface area (Å²) < 4.78 is 42.9. The average Bonchev–Trinajstić information content (AvgIpc) is 0.767. The Morgan fingerprint density at radius 1 is 0.261 bits per heavy atom. The number of hydrogen-bond acceptors (Lipinski definition) is 9. The van der Waals surface area contributed by atoms with Gasteiger partial charge >= 0.3 is 0 Å². The van der Waals surface area contributed by atoms with Crippen LogP contribution in [0.25, 0.3) is 0 Å². The van der Waals surface area contributed by atoms with E-state index in [9.17, 15) is 0 Å². The summed E-state index contributed by atoms with van der Waals surface area (Å²) in [7, 11) is 5.46. The van der Waals surface area contributed by atoms with E-state index in [4.69, 9.17) is 65.1 Å². The number of benzene rings is 9. The Balaban J connectivity index is 1.26. The number of rotatable bonds is 18. The van der Waals surface area contributed by atoms with E-state index in [2.05, 4.69) is 229 Å². The number of fused-ring (bicyclic) bond motifs is 12. The van der Waals surface area contributed by atoms with E-state index >= 15 is 0 Å². The highest BCUT2D eigenvalue weighted by Crippen LogP contribution is 2.47. The van der Waals surface area contributed by atoms with E-state index in [1.165, 1.54) is 33.4 Å². The molecule has 1 aliphatic carbocycles. The first kappa shape index (κ1) is 84.3. The van der Waals surface area contributed by atoms with Crippen LogP contribution in [0.15, 0.2) is 164 Å². The first-order valence-electron chi connectivity index (χ1n) is 39.1. The number of hydrogen-bond donors (Lipinski definition) is 6. The zero-order valence-corrected chi connectivity index (χ0v) is 72.2. The monoisotopic (exact) mass is 1550 g/mol. The van der Waals surface area contributed by atoms with Crippen molar-refractivity contribution in [3.8, 4) is 34.5 Å². The quantitative estimate of drug-likeness (QED) is 0.0360. The standard InChI is InChI=1S/C96H120N6O6S3/c1-91(2,3)73-49-61-43-67-55-76(94(10,11)12)57-69(85(67)106-40-37-97-88(109)100-79-31-25-22-26-32-79)45-63-51-74(92(4,5)6)53-65(83(63)104-20)47-71-59-78(96(16,17)18)60-72(87(71)108-42-39-99-90(111)102-81-35-29-24-30-36-81)48-66-54-75(93(7,8)9)52-64(84(66)105-21)46-70-58-77(95(13,14)15)56-68(44-62(50-73)82(61)103-19)86(70)107-41-38-98-89(110)101-80-33-27-23-28-34-80/h22-36,49-60H,37-48H2,1-21H3,(H2,97,100,109)(H2,98,101,110)(H2,99,102,111). The van der Waals surface area contributed by atoms with E-state index in [1.54, 1.807) is 0 Å². The molecule has 6 N–H and O–H groups in total. The van der Waals surface area contributed by atoms with Crippen LogP contribution in [0.5, 0.6) is 34.5 Å². The molecular weight excluding hydrogens is 1430 g/mol. The molecule has 0 spiro atoms. The van der Waals surface area contributed by atoms with Gasteiger partial charge in [0.25, 0.3) is 0 Å². The minimum Gasteiger partial charge on any atom is -0.496 e. The first-order valence-corrected chi connectivity index (χ1v) is 40.4. The lowest BCUT2D eigenvalue weighted by Crippen LogP contribution is -2.32. The summed E-state index contributed by atoms with van der Waals surface area (Å²) in [6.07, 6.45) is 2.94. The molecule has 9 aromatic carbocycles. The molecule has 12 bridgehead atoms. The lowest BCUT2D eigenvalue weighted by atomic mass is 9.79. The molecular formula is C96H120N6O6S3. The normalized spacial score (nSPS) is 12.8. The Morgan fingerprint density at radius 3 is 0.577 bits per heavy atom. The highest BCUT2D eigenvalue weighted by Gasteiger charge is 2.32. The maximum atomic E-state index is 7.40. The van der Waals surface area contributed by atoms with Crippen molar-refractivity contribution in [1.29, 1.82) is 0 Å². The number of ether oxygens (including phenoxy) is 6. The van der Waals surface area contributed by atoms with Crippen LogP contribution < -0.4 is 60.3 Å². The van der Waals surface area contributed by atoms with Crippen LogP contribution in [0.4, 0.5) is 17.1 Å². The second kappa shape index (κ2) is 35.7. The van der Waals surface area contributed by atoms with Gasteiger partial charge in [0.2, 0.25) is 0 Å². The maximum Gasteiger partial charge on any atom is 0.170 e. The van der Waals surface area contributed by atoms with E-state index in [-0.39, 0.29) is 32.5 Å². The van der Waals surface area contributed by atoms with Crippen LogP contribution >= 0.6 is 36.7 Å². The van der Waals surface area contributed by atoms with Gasteiger partial charge in [-0.15, -0.1) is 0 Å². The number of methoxy groups -OCH3 is 3. The topological polar surface area (TPSA) is 128 Å². The van der Waals surface area contributed by atoms with Crippen LogP contribution in [-0.2, 0) is 71.0 Å². The minimum atomic E-state index is -0.277. The summed E-state index contributed by atoms with van der Waals surface area (Å²) in [5, 5.41) is 22.0. The van der Waals surface area contributed by atoms with Crippen molar-refractivity contribution in [2.75, 3.05) is 76.7 Å². The fraction of sp³-hybridized carbons (Fsp3) is 0.406. The van der Waals surface area contributed by atoms with Gasteiger partial charge in [-0.1, -0.05) is 252 Å². The van der Waals surface area contributed by atoms with Crippen LogP contribution in [0.1, 0.15) is 225 Å². The summed E-state index contributed by atoms with van der Waals surface area (Å²) in [6.45, 7) is 43.6. The van der Waals surface area contributed by atoms with Crippen molar-refractivity contribution in [3.63, 3.8) is 0 Å². The molecule has 0 heterocycles.